The number of nitro groups is 1. The van der Waals surface area contributed by atoms with Gasteiger partial charge >= 0.3 is 12.4 Å². The lowest BCUT2D eigenvalue weighted by atomic mass is 10.2. The Bertz CT molecular complexity index is 1100. The van der Waals surface area contributed by atoms with Crippen LogP contribution in [0, 0.1) is 10.1 Å². The Kier molecular flexibility index (Phi) is 7.75. The van der Waals surface area contributed by atoms with E-state index >= 15 is 0 Å². The molecular formula is C21H16F6N2O4. The molecule has 6 nitrogen and oxygen atoms in total. The molecule has 33 heavy (non-hydrogen) atoms. The molecule has 0 saturated heterocycles. The van der Waals surface area contributed by atoms with Gasteiger partial charge in [-0.05, 0) is 23.8 Å². The first-order valence-corrected chi connectivity index (χ1v) is 8.96. The first kappa shape index (κ1) is 25.3. The molecule has 0 aliphatic rings. The maximum atomic E-state index is 12.6. The monoisotopic (exact) mass is 474 g/mol. The predicted molar refractivity (Wildman–Crippen MR) is 106 cm³/mol. The minimum absolute atomic E-state index is 0.0258. The van der Waals surface area contributed by atoms with Crippen LogP contribution in [0.3, 0.4) is 0 Å². The van der Waals surface area contributed by atoms with Crippen molar-refractivity contribution in [2.45, 2.75) is 19.0 Å². The zero-order valence-electron chi connectivity index (χ0n) is 16.5. The van der Waals surface area contributed by atoms with Crippen LogP contribution in [-0.4, -0.2) is 10.0 Å². The van der Waals surface area contributed by atoms with Crippen LogP contribution in [-0.2, 0) is 19.0 Å². The summed E-state index contributed by atoms with van der Waals surface area (Å²) in [5.41, 5.74) is 3.49. The first-order valence-electron chi connectivity index (χ1n) is 8.96. The lowest BCUT2D eigenvalue weighted by molar-refractivity contribution is -0.385. The van der Waals surface area contributed by atoms with Crippen molar-refractivity contribution >= 4 is 11.4 Å². The van der Waals surface area contributed by atoms with E-state index in [1.807, 2.05) is 30.3 Å². The second-order valence-electron chi connectivity index (χ2n) is 6.56. The Morgan fingerprint density at radius 1 is 0.879 bits per heavy atom. The molecule has 0 atom stereocenters. The Balaban J connectivity index is 0.000000245. The van der Waals surface area contributed by atoms with E-state index in [0.29, 0.717) is 18.2 Å². The van der Waals surface area contributed by atoms with E-state index in [2.05, 4.69) is 0 Å². The van der Waals surface area contributed by atoms with E-state index in [9.17, 15) is 36.5 Å². The van der Waals surface area contributed by atoms with Crippen molar-refractivity contribution in [2.24, 2.45) is 0 Å². The molecule has 0 bridgehead atoms. The van der Waals surface area contributed by atoms with Crippen LogP contribution in [0.1, 0.15) is 16.7 Å². The molecule has 0 spiro atoms. The average molecular weight is 474 g/mol. The molecule has 3 N–H and O–H groups in total. The van der Waals surface area contributed by atoms with Crippen molar-refractivity contribution in [3.63, 3.8) is 0 Å². The quantitative estimate of drug-likeness (QED) is 0.204. The Morgan fingerprint density at radius 3 is 2.00 bits per heavy atom. The third kappa shape index (κ3) is 7.91. The van der Waals surface area contributed by atoms with Crippen LogP contribution in [0.2, 0.25) is 0 Å². The van der Waals surface area contributed by atoms with E-state index < -0.39 is 39.8 Å². The van der Waals surface area contributed by atoms with E-state index in [-0.39, 0.29) is 18.0 Å². The number of anilines is 1. The number of benzene rings is 3. The zero-order valence-corrected chi connectivity index (χ0v) is 16.5. The Hall–Kier alpha value is -3.96. The van der Waals surface area contributed by atoms with Gasteiger partial charge in [-0.1, -0.05) is 30.3 Å². The molecule has 3 aromatic rings. The average Bonchev–Trinajstić information content (AvgIpc) is 2.71. The normalized spacial score (nSPS) is 11.3. The second kappa shape index (κ2) is 10.1. The van der Waals surface area contributed by atoms with Crippen molar-refractivity contribution in [2.75, 3.05) is 5.73 Å². The molecule has 0 heterocycles. The van der Waals surface area contributed by atoms with Gasteiger partial charge in [0, 0.05) is 17.8 Å². The van der Waals surface area contributed by atoms with Crippen molar-refractivity contribution in [1.82, 2.24) is 0 Å². The molecular weight excluding hydrogens is 458 g/mol. The van der Waals surface area contributed by atoms with Crippen molar-refractivity contribution < 1.29 is 41.1 Å². The summed E-state index contributed by atoms with van der Waals surface area (Å²) >= 11 is 0. The number of hydrogen-bond donors (Lipinski definition) is 2. The highest BCUT2D eigenvalue weighted by atomic mass is 19.4. The largest absolute Gasteiger partial charge is 0.508 e. The molecule has 3 aromatic carbocycles. The smallest absolute Gasteiger partial charge is 0.416 e. The highest BCUT2D eigenvalue weighted by Crippen LogP contribution is 2.35. The number of hydrogen-bond acceptors (Lipinski definition) is 5. The van der Waals surface area contributed by atoms with Gasteiger partial charge < -0.3 is 15.6 Å². The Labute approximate surface area is 183 Å². The molecule has 0 aliphatic carbocycles. The summed E-state index contributed by atoms with van der Waals surface area (Å²) in [5, 5.41) is 19.0. The second-order valence-corrected chi connectivity index (χ2v) is 6.56. The van der Waals surface area contributed by atoms with Crippen LogP contribution in [0.5, 0.6) is 11.5 Å². The summed E-state index contributed by atoms with van der Waals surface area (Å²) in [4.78, 5) is 9.15. The minimum Gasteiger partial charge on any atom is -0.508 e. The lowest BCUT2D eigenvalue weighted by Gasteiger charge is -2.11. The van der Waals surface area contributed by atoms with Gasteiger partial charge in [0.25, 0.3) is 5.69 Å². The number of nitrogen functional groups attached to an aromatic ring is 1. The summed E-state index contributed by atoms with van der Waals surface area (Å²) < 4.78 is 79.4. The standard InChI is InChI=1S/C14H12F3NO.C7H4F3NO3/c15-14(16,17)11-6-12(18)8-13(7-11)19-9-10-4-2-1-3-5-10;8-7(9,10)4-1-5(11(13)14)3-6(12)2-4/h1-8H,9,18H2;1-3,12H. The predicted octanol–water partition coefficient (Wildman–Crippen LogP) is 6.19. The van der Waals surface area contributed by atoms with Gasteiger partial charge in [0.2, 0.25) is 0 Å². The lowest BCUT2D eigenvalue weighted by Crippen LogP contribution is -2.06. The molecule has 176 valence electrons. The summed E-state index contributed by atoms with van der Waals surface area (Å²) in [6.45, 7) is 0.196. The molecule has 0 saturated carbocycles. The number of rotatable bonds is 4. The highest BCUT2D eigenvalue weighted by Gasteiger charge is 2.33. The molecule has 0 aliphatic heterocycles. The van der Waals surface area contributed by atoms with Gasteiger partial charge in [-0.3, -0.25) is 10.1 Å². The number of alkyl halides is 6. The maximum Gasteiger partial charge on any atom is 0.416 e. The van der Waals surface area contributed by atoms with Crippen LogP contribution in [0.4, 0.5) is 37.7 Å². The summed E-state index contributed by atoms with van der Waals surface area (Å²) in [6, 6.07) is 13.8. The molecule has 0 unspecified atom stereocenters. The van der Waals surface area contributed by atoms with Gasteiger partial charge in [0.1, 0.15) is 18.1 Å². The van der Waals surface area contributed by atoms with E-state index in [0.717, 1.165) is 17.7 Å². The highest BCUT2D eigenvalue weighted by molar-refractivity contribution is 5.48. The molecule has 0 aromatic heterocycles. The number of aromatic hydroxyl groups is 1. The number of nitrogens with zero attached hydrogens (tertiary/aromatic N) is 1. The molecule has 0 amide bonds. The molecule has 0 fully saturated rings. The van der Waals surface area contributed by atoms with Crippen molar-refractivity contribution in [3.8, 4) is 11.5 Å². The fourth-order valence-corrected chi connectivity index (χ4v) is 2.47. The third-order valence-electron chi connectivity index (χ3n) is 3.95. The van der Waals surface area contributed by atoms with Gasteiger partial charge in [0.05, 0.1) is 22.1 Å². The summed E-state index contributed by atoms with van der Waals surface area (Å²) in [5.74, 6) is -0.678. The van der Waals surface area contributed by atoms with Gasteiger partial charge in [-0.15, -0.1) is 0 Å². The van der Waals surface area contributed by atoms with Crippen molar-refractivity contribution in [1.29, 1.82) is 0 Å². The number of non-ortho nitro benzene ring substituents is 1. The Morgan fingerprint density at radius 2 is 1.45 bits per heavy atom. The molecule has 0 radical (unpaired) electrons. The minimum atomic E-state index is -4.70. The number of ether oxygens (including phenoxy) is 1. The fourth-order valence-electron chi connectivity index (χ4n) is 2.47. The zero-order chi connectivity index (χ0) is 24.8. The number of nitro benzene ring substituents is 1. The number of phenolic OH excluding ortho intramolecular Hbond substituents is 1. The first-order chi connectivity index (χ1) is 15.3. The summed E-state index contributed by atoms with van der Waals surface area (Å²) in [7, 11) is 0. The van der Waals surface area contributed by atoms with Crippen LogP contribution < -0.4 is 10.5 Å². The van der Waals surface area contributed by atoms with Crippen LogP contribution in [0.15, 0.2) is 66.7 Å². The van der Waals surface area contributed by atoms with E-state index in [4.69, 9.17) is 15.6 Å². The number of nitrogens with two attached hydrogens (primary N) is 1. The van der Waals surface area contributed by atoms with Gasteiger partial charge in [0.15, 0.2) is 0 Å². The van der Waals surface area contributed by atoms with Gasteiger partial charge in [-0.25, -0.2) is 0 Å². The van der Waals surface area contributed by atoms with E-state index in [1.54, 1.807) is 0 Å². The molecule has 12 heteroatoms. The maximum absolute atomic E-state index is 12.6. The number of halogens is 6. The SMILES string of the molecule is Nc1cc(OCc2ccccc2)cc(C(F)(F)F)c1.O=[N+]([O-])c1cc(O)cc(C(F)(F)F)c1. The van der Waals surface area contributed by atoms with E-state index in [1.165, 1.54) is 6.07 Å². The topological polar surface area (TPSA) is 98.6 Å². The van der Waals surface area contributed by atoms with Gasteiger partial charge in [-0.2, -0.15) is 26.3 Å². The third-order valence-corrected chi connectivity index (χ3v) is 3.95. The van der Waals surface area contributed by atoms with Crippen LogP contribution >= 0.6 is 0 Å². The fraction of sp³-hybridized carbons (Fsp3) is 0.143. The van der Waals surface area contributed by atoms with Crippen molar-refractivity contribution in [3.05, 3.63) is 93.5 Å². The molecule has 3 rings (SSSR count). The number of phenols is 1. The summed E-state index contributed by atoms with van der Waals surface area (Å²) in [6.07, 6.45) is -9.14. The van der Waals surface area contributed by atoms with Crippen LogP contribution in [0.25, 0.3) is 0 Å².